The summed E-state index contributed by atoms with van der Waals surface area (Å²) in [5.41, 5.74) is 1.40. The van der Waals surface area contributed by atoms with Crippen LogP contribution in [0.25, 0.3) is 0 Å². The first-order valence-electron chi connectivity index (χ1n) is 6.62. The van der Waals surface area contributed by atoms with Gasteiger partial charge in [-0.05, 0) is 38.4 Å². The van der Waals surface area contributed by atoms with Crippen LogP contribution in [0.5, 0.6) is 0 Å². The maximum Gasteiger partial charge on any atom is 0.0899 e. The Morgan fingerprint density at radius 3 is 2.61 bits per heavy atom. The minimum absolute atomic E-state index is 0.380. The summed E-state index contributed by atoms with van der Waals surface area (Å²) in [6.45, 7) is 2.11. The summed E-state index contributed by atoms with van der Waals surface area (Å²) in [5.74, 6) is 0. The maximum absolute atomic E-state index is 9.59. The molecule has 0 bridgehead atoms. The quantitative estimate of drug-likeness (QED) is 0.681. The van der Waals surface area contributed by atoms with Gasteiger partial charge in [-0.2, -0.15) is 0 Å². The lowest BCUT2D eigenvalue weighted by molar-refractivity contribution is 0.0430. The van der Waals surface area contributed by atoms with Gasteiger partial charge in [0.25, 0.3) is 0 Å². The molecule has 0 aliphatic carbocycles. The SMILES string of the molecule is COCC(O)CN(C)CCCCc1ccccc1. The highest BCUT2D eigenvalue weighted by atomic mass is 16.5. The molecule has 0 spiro atoms. The highest BCUT2D eigenvalue weighted by Gasteiger charge is 2.07. The van der Waals surface area contributed by atoms with Crippen molar-refractivity contribution in [2.24, 2.45) is 0 Å². The van der Waals surface area contributed by atoms with Gasteiger partial charge < -0.3 is 14.7 Å². The van der Waals surface area contributed by atoms with Gasteiger partial charge in [-0.25, -0.2) is 0 Å². The Balaban J connectivity index is 2.07. The predicted octanol–water partition coefficient (Wildman–Crippen LogP) is 1.95. The van der Waals surface area contributed by atoms with Crippen LogP contribution in [-0.2, 0) is 11.2 Å². The molecule has 1 atom stereocenters. The third-order valence-electron chi connectivity index (χ3n) is 2.98. The second-order valence-electron chi connectivity index (χ2n) is 4.81. The van der Waals surface area contributed by atoms with Crippen molar-refractivity contribution in [3.63, 3.8) is 0 Å². The van der Waals surface area contributed by atoms with E-state index in [0.29, 0.717) is 13.2 Å². The van der Waals surface area contributed by atoms with Crippen molar-refractivity contribution >= 4 is 0 Å². The van der Waals surface area contributed by atoms with Gasteiger partial charge >= 0.3 is 0 Å². The Bertz CT molecular complexity index is 303. The fraction of sp³-hybridized carbons (Fsp3) is 0.600. The molecule has 0 heterocycles. The first kappa shape index (κ1) is 15.2. The first-order valence-corrected chi connectivity index (χ1v) is 6.62. The maximum atomic E-state index is 9.59. The van der Waals surface area contributed by atoms with E-state index in [4.69, 9.17) is 4.74 Å². The minimum Gasteiger partial charge on any atom is -0.389 e. The molecule has 0 aliphatic heterocycles. The van der Waals surface area contributed by atoms with E-state index in [1.165, 1.54) is 12.0 Å². The standard InChI is InChI=1S/C15H25NO2/c1-16(12-15(17)13-18-2)11-7-6-10-14-8-4-3-5-9-14/h3-5,8-9,15,17H,6-7,10-13H2,1-2H3. The Hall–Kier alpha value is -0.900. The predicted molar refractivity (Wildman–Crippen MR) is 74.8 cm³/mol. The van der Waals surface area contributed by atoms with Crippen LogP contribution in [0.3, 0.4) is 0 Å². The highest BCUT2D eigenvalue weighted by molar-refractivity contribution is 5.14. The number of hydrogen-bond acceptors (Lipinski definition) is 3. The molecule has 3 heteroatoms. The largest absolute Gasteiger partial charge is 0.389 e. The Morgan fingerprint density at radius 2 is 1.94 bits per heavy atom. The summed E-state index contributed by atoms with van der Waals surface area (Å²) >= 11 is 0. The van der Waals surface area contributed by atoms with Gasteiger partial charge in [0.05, 0.1) is 12.7 Å². The van der Waals surface area contributed by atoms with Crippen molar-refractivity contribution in [1.29, 1.82) is 0 Å². The lowest BCUT2D eigenvalue weighted by Gasteiger charge is -2.19. The van der Waals surface area contributed by atoms with Crippen molar-refractivity contribution in [3.8, 4) is 0 Å². The van der Waals surface area contributed by atoms with Gasteiger partial charge in [-0.15, -0.1) is 0 Å². The number of hydrogen-bond donors (Lipinski definition) is 1. The summed E-state index contributed by atoms with van der Waals surface area (Å²) in [5, 5.41) is 9.59. The molecule has 1 aromatic carbocycles. The van der Waals surface area contributed by atoms with Gasteiger partial charge in [0.1, 0.15) is 0 Å². The summed E-state index contributed by atoms with van der Waals surface area (Å²) in [4.78, 5) is 2.16. The molecular weight excluding hydrogens is 226 g/mol. The summed E-state index contributed by atoms with van der Waals surface area (Å²) in [7, 11) is 3.66. The summed E-state index contributed by atoms with van der Waals surface area (Å²) < 4.78 is 4.91. The molecule has 3 nitrogen and oxygen atoms in total. The summed E-state index contributed by atoms with van der Waals surface area (Å²) in [6, 6.07) is 10.6. The Kier molecular flexibility index (Phi) is 7.65. The lowest BCUT2D eigenvalue weighted by Crippen LogP contribution is -2.32. The van der Waals surface area contributed by atoms with Crippen molar-refractivity contribution in [3.05, 3.63) is 35.9 Å². The van der Waals surface area contributed by atoms with Crippen molar-refractivity contribution in [2.45, 2.75) is 25.4 Å². The molecule has 18 heavy (non-hydrogen) atoms. The highest BCUT2D eigenvalue weighted by Crippen LogP contribution is 2.05. The zero-order chi connectivity index (χ0) is 13.2. The second kappa shape index (κ2) is 9.09. The number of likely N-dealkylation sites (N-methyl/N-ethyl adjacent to an activating group) is 1. The second-order valence-corrected chi connectivity index (χ2v) is 4.81. The van der Waals surface area contributed by atoms with E-state index in [9.17, 15) is 5.11 Å². The van der Waals surface area contributed by atoms with E-state index in [-0.39, 0.29) is 6.10 Å². The van der Waals surface area contributed by atoms with Gasteiger partial charge in [0, 0.05) is 13.7 Å². The molecule has 0 aliphatic rings. The normalized spacial score (nSPS) is 12.9. The van der Waals surface area contributed by atoms with Crippen LogP contribution < -0.4 is 0 Å². The Labute approximate surface area is 110 Å². The third kappa shape index (κ3) is 6.74. The van der Waals surface area contributed by atoms with Gasteiger partial charge in [-0.3, -0.25) is 0 Å². The van der Waals surface area contributed by atoms with Crippen LogP contribution >= 0.6 is 0 Å². The zero-order valence-electron chi connectivity index (χ0n) is 11.5. The first-order chi connectivity index (χ1) is 8.72. The third-order valence-corrected chi connectivity index (χ3v) is 2.98. The van der Waals surface area contributed by atoms with E-state index < -0.39 is 0 Å². The van der Waals surface area contributed by atoms with Crippen molar-refractivity contribution in [2.75, 3.05) is 33.9 Å². The summed E-state index contributed by atoms with van der Waals surface area (Å²) in [6.07, 6.45) is 3.10. The fourth-order valence-electron chi connectivity index (χ4n) is 2.05. The molecule has 0 fully saturated rings. The van der Waals surface area contributed by atoms with Gasteiger partial charge in [0.2, 0.25) is 0 Å². The number of methoxy groups -OCH3 is 1. The zero-order valence-corrected chi connectivity index (χ0v) is 11.5. The van der Waals surface area contributed by atoms with Crippen LogP contribution in [0.2, 0.25) is 0 Å². The molecule has 0 radical (unpaired) electrons. The Morgan fingerprint density at radius 1 is 1.22 bits per heavy atom. The molecule has 1 rings (SSSR count). The van der Waals surface area contributed by atoms with Gasteiger partial charge in [-0.1, -0.05) is 30.3 Å². The van der Waals surface area contributed by atoms with Crippen LogP contribution in [0.4, 0.5) is 0 Å². The van der Waals surface area contributed by atoms with Crippen LogP contribution in [0.15, 0.2) is 30.3 Å². The van der Waals surface area contributed by atoms with E-state index >= 15 is 0 Å². The van der Waals surface area contributed by atoms with Crippen LogP contribution in [0.1, 0.15) is 18.4 Å². The number of unbranched alkanes of at least 4 members (excludes halogenated alkanes) is 1. The topological polar surface area (TPSA) is 32.7 Å². The number of ether oxygens (including phenoxy) is 1. The number of benzene rings is 1. The molecule has 102 valence electrons. The number of rotatable bonds is 9. The molecule has 0 saturated carbocycles. The number of aliphatic hydroxyl groups is 1. The van der Waals surface area contributed by atoms with Crippen LogP contribution in [-0.4, -0.2) is 50.0 Å². The lowest BCUT2D eigenvalue weighted by atomic mass is 10.1. The van der Waals surface area contributed by atoms with Crippen LogP contribution in [0, 0.1) is 0 Å². The minimum atomic E-state index is -0.380. The number of aryl methyl sites for hydroxylation is 1. The average molecular weight is 251 g/mol. The van der Waals surface area contributed by atoms with E-state index in [0.717, 1.165) is 19.4 Å². The number of aliphatic hydroxyl groups excluding tert-OH is 1. The van der Waals surface area contributed by atoms with E-state index in [2.05, 4.69) is 35.2 Å². The van der Waals surface area contributed by atoms with Gasteiger partial charge in [0.15, 0.2) is 0 Å². The number of nitrogens with zero attached hydrogens (tertiary/aromatic N) is 1. The molecule has 0 saturated heterocycles. The van der Waals surface area contributed by atoms with Crippen molar-refractivity contribution < 1.29 is 9.84 Å². The average Bonchev–Trinajstić information content (AvgIpc) is 2.36. The molecule has 1 aromatic rings. The molecule has 1 unspecified atom stereocenters. The molecule has 1 N–H and O–H groups in total. The van der Waals surface area contributed by atoms with Crippen molar-refractivity contribution in [1.82, 2.24) is 4.90 Å². The fourth-order valence-corrected chi connectivity index (χ4v) is 2.05. The van der Waals surface area contributed by atoms with E-state index in [1.54, 1.807) is 7.11 Å². The smallest absolute Gasteiger partial charge is 0.0899 e. The molecular formula is C15H25NO2. The molecule has 0 aromatic heterocycles. The molecule has 0 amide bonds. The van der Waals surface area contributed by atoms with E-state index in [1.807, 2.05) is 7.05 Å². The monoisotopic (exact) mass is 251 g/mol.